The van der Waals surface area contributed by atoms with Gasteiger partial charge in [-0.15, -0.1) is 6.58 Å². The average molecular weight is 192 g/mol. The predicted octanol–water partition coefficient (Wildman–Crippen LogP) is 2.65. The van der Waals surface area contributed by atoms with Crippen LogP contribution in [0.15, 0.2) is 22.2 Å². The van der Waals surface area contributed by atoms with Crippen LogP contribution in [0.2, 0.25) is 0 Å². The molecule has 0 aliphatic heterocycles. The second-order valence-electron chi connectivity index (χ2n) is 3.88. The quantitative estimate of drug-likeness (QED) is 0.543. The van der Waals surface area contributed by atoms with Crippen molar-refractivity contribution in [1.82, 2.24) is 5.16 Å². The Morgan fingerprint density at radius 1 is 1.57 bits per heavy atom. The van der Waals surface area contributed by atoms with Gasteiger partial charge in [0.1, 0.15) is 0 Å². The minimum Gasteiger partial charge on any atom is -0.360 e. The van der Waals surface area contributed by atoms with Crippen LogP contribution in [0.1, 0.15) is 30.9 Å². The largest absolute Gasteiger partial charge is 0.360 e. The lowest BCUT2D eigenvalue weighted by molar-refractivity contribution is 0.340. The molecule has 14 heavy (non-hydrogen) atoms. The molecule has 0 aromatic carbocycles. The Labute approximate surface area is 84.5 Å². The van der Waals surface area contributed by atoms with Crippen molar-refractivity contribution in [2.24, 2.45) is 4.99 Å². The summed E-state index contributed by atoms with van der Waals surface area (Å²) in [6, 6.07) is 0. The first-order chi connectivity index (χ1) is 6.53. The molecule has 1 rings (SSSR count). The molecule has 0 saturated carbocycles. The first-order valence-corrected chi connectivity index (χ1v) is 4.54. The molecule has 0 N–H and O–H groups in total. The van der Waals surface area contributed by atoms with Crippen LogP contribution in [0.5, 0.6) is 0 Å². The molecule has 3 nitrogen and oxygen atoms in total. The highest BCUT2D eigenvalue weighted by Crippen LogP contribution is 2.29. The van der Waals surface area contributed by atoms with E-state index >= 15 is 0 Å². The van der Waals surface area contributed by atoms with Crippen molar-refractivity contribution in [3.8, 4) is 0 Å². The van der Waals surface area contributed by atoms with Crippen LogP contribution in [0, 0.1) is 6.92 Å². The summed E-state index contributed by atoms with van der Waals surface area (Å²) in [6.07, 6.45) is 1.85. The van der Waals surface area contributed by atoms with Gasteiger partial charge in [0.25, 0.3) is 0 Å². The van der Waals surface area contributed by atoms with Crippen molar-refractivity contribution in [3.05, 3.63) is 29.7 Å². The fourth-order valence-electron chi connectivity index (χ4n) is 1.29. The van der Waals surface area contributed by atoms with Crippen molar-refractivity contribution in [1.29, 1.82) is 0 Å². The Bertz CT molecular complexity index is 350. The van der Waals surface area contributed by atoms with Crippen LogP contribution in [0.4, 0.5) is 0 Å². The number of rotatable bonds is 4. The maximum atomic E-state index is 5.29. The van der Waals surface area contributed by atoms with Gasteiger partial charge < -0.3 is 4.52 Å². The molecule has 1 aromatic rings. The molecular formula is C11H16N2O. The molecule has 0 aliphatic carbocycles. The zero-order chi connectivity index (χ0) is 10.8. The first-order valence-electron chi connectivity index (χ1n) is 4.54. The Morgan fingerprint density at radius 2 is 2.21 bits per heavy atom. The van der Waals surface area contributed by atoms with Gasteiger partial charge in [-0.25, -0.2) is 0 Å². The van der Waals surface area contributed by atoms with Crippen LogP contribution < -0.4 is 0 Å². The normalized spacial score (nSPS) is 11.4. The molecule has 76 valence electrons. The molecule has 0 atom stereocenters. The van der Waals surface area contributed by atoms with E-state index in [1.807, 2.05) is 26.8 Å². The molecule has 0 bridgehead atoms. The number of allylic oxidation sites excluding steroid dienone is 1. The summed E-state index contributed by atoms with van der Waals surface area (Å²) in [4.78, 5) is 3.86. The van der Waals surface area contributed by atoms with E-state index in [9.17, 15) is 0 Å². The number of hydrogen-bond acceptors (Lipinski definition) is 3. The maximum Gasteiger partial charge on any atom is 0.151 e. The summed E-state index contributed by atoms with van der Waals surface area (Å²) in [5.41, 5.74) is 1.69. The Kier molecular flexibility index (Phi) is 2.89. The fraction of sp³-hybridized carbons (Fsp3) is 0.455. The summed E-state index contributed by atoms with van der Waals surface area (Å²) in [7, 11) is 0. The van der Waals surface area contributed by atoms with Crippen LogP contribution in [-0.2, 0) is 12.0 Å². The molecule has 1 heterocycles. The van der Waals surface area contributed by atoms with Crippen molar-refractivity contribution < 1.29 is 4.52 Å². The third kappa shape index (κ3) is 1.76. The van der Waals surface area contributed by atoms with Crippen LogP contribution in [0.25, 0.3) is 0 Å². The zero-order valence-corrected chi connectivity index (χ0v) is 9.00. The third-order valence-corrected chi connectivity index (χ3v) is 2.35. The van der Waals surface area contributed by atoms with Crippen molar-refractivity contribution in [3.63, 3.8) is 0 Å². The summed E-state index contributed by atoms with van der Waals surface area (Å²) in [5.74, 6) is 0.831. The Balaban J connectivity index is 3.20. The van der Waals surface area contributed by atoms with Gasteiger partial charge in [-0.3, -0.25) is 4.99 Å². The van der Waals surface area contributed by atoms with Gasteiger partial charge in [-0.05, 0) is 27.5 Å². The molecule has 0 spiro atoms. The predicted molar refractivity (Wildman–Crippen MR) is 57.7 cm³/mol. The molecule has 0 unspecified atom stereocenters. The van der Waals surface area contributed by atoms with Gasteiger partial charge in [-0.1, -0.05) is 11.2 Å². The molecule has 0 saturated heterocycles. The summed E-state index contributed by atoms with van der Waals surface area (Å²) >= 11 is 0. The highest BCUT2D eigenvalue weighted by molar-refractivity contribution is 5.33. The number of nitrogens with zero attached hydrogens (tertiary/aromatic N) is 2. The summed E-state index contributed by atoms with van der Waals surface area (Å²) in [5, 5.41) is 3.94. The highest BCUT2D eigenvalue weighted by Gasteiger charge is 2.26. The fourth-order valence-corrected chi connectivity index (χ4v) is 1.29. The van der Waals surface area contributed by atoms with Crippen molar-refractivity contribution >= 4 is 6.72 Å². The van der Waals surface area contributed by atoms with E-state index in [0.717, 1.165) is 17.0 Å². The molecule has 0 fully saturated rings. The SMILES string of the molecule is C=CC(C)(C)c1onc(C)c1CN=C. The molecule has 0 amide bonds. The average Bonchev–Trinajstić information content (AvgIpc) is 2.50. The smallest absolute Gasteiger partial charge is 0.151 e. The number of aliphatic imine (C=N–C) groups is 1. The second-order valence-corrected chi connectivity index (χ2v) is 3.88. The van der Waals surface area contributed by atoms with Crippen LogP contribution >= 0.6 is 0 Å². The number of aromatic nitrogens is 1. The maximum absolute atomic E-state index is 5.29. The monoisotopic (exact) mass is 192 g/mol. The van der Waals surface area contributed by atoms with Gasteiger partial charge in [-0.2, -0.15) is 0 Å². The highest BCUT2D eigenvalue weighted by atomic mass is 16.5. The minimum absolute atomic E-state index is 0.207. The van der Waals surface area contributed by atoms with E-state index in [4.69, 9.17) is 4.52 Å². The summed E-state index contributed by atoms with van der Waals surface area (Å²) in [6.45, 7) is 13.8. The van der Waals surface area contributed by atoms with E-state index in [1.54, 1.807) is 0 Å². The van der Waals surface area contributed by atoms with E-state index in [2.05, 4.69) is 23.4 Å². The van der Waals surface area contributed by atoms with Gasteiger partial charge >= 0.3 is 0 Å². The Morgan fingerprint density at radius 3 is 2.71 bits per heavy atom. The van der Waals surface area contributed by atoms with Gasteiger partial charge in [0, 0.05) is 11.0 Å². The lowest BCUT2D eigenvalue weighted by Gasteiger charge is -2.16. The van der Waals surface area contributed by atoms with Crippen molar-refractivity contribution in [2.45, 2.75) is 32.7 Å². The molecule has 1 aromatic heterocycles. The zero-order valence-electron chi connectivity index (χ0n) is 9.00. The van der Waals surface area contributed by atoms with Crippen LogP contribution in [-0.4, -0.2) is 11.9 Å². The molecule has 3 heteroatoms. The molecule has 0 radical (unpaired) electrons. The Hall–Kier alpha value is -1.38. The lowest BCUT2D eigenvalue weighted by atomic mass is 9.87. The molecule has 0 aliphatic rings. The first kappa shape index (κ1) is 10.7. The molecular weight excluding hydrogens is 176 g/mol. The van der Waals surface area contributed by atoms with E-state index in [-0.39, 0.29) is 5.41 Å². The lowest BCUT2D eigenvalue weighted by Crippen LogP contribution is -2.14. The van der Waals surface area contributed by atoms with Crippen LogP contribution in [0.3, 0.4) is 0 Å². The minimum atomic E-state index is -0.207. The van der Waals surface area contributed by atoms with Gasteiger partial charge in [0.05, 0.1) is 12.2 Å². The van der Waals surface area contributed by atoms with E-state index in [1.165, 1.54) is 0 Å². The number of aryl methyl sites for hydroxylation is 1. The summed E-state index contributed by atoms with van der Waals surface area (Å²) < 4.78 is 5.29. The topological polar surface area (TPSA) is 38.4 Å². The number of hydrogen-bond donors (Lipinski definition) is 0. The van der Waals surface area contributed by atoms with E-state index < -0.39 is 0 Å². The third-order valence-electron chi connectivity index (χ3n) is 2.35. The van der Waals surface area contributed by atoms with Gasteiger partial charge in [0.15, 0.2) is 5.76 Å². The van der Waals surface area contributed by atoms with Crippen molar-refractivity contribution in [2.75, 3.05) is 0 Å². The second kappa shape index (κ2) is 3.78. The van der Waals surface area contributed by atoms with E-state index in [0.29, 0.717) is 6.54 Å². The standard InChI is InChI=1S/C11H16N2O/c1-6-11(3,4)10-9(7-12-5)8(2)13-14-10/h6H,1,5,7H2,2-4H3. The van der Waals surface area contributed by atoms with Gasteiger partial charge in [0.2, 0.25) is 0 Å².